The Morgan fingerprint density at radius 1 is 1.31 bits per heavy atom. The molecular formula is C12H15N. The zero-order chi connectivity index (χ0) is 9.52. The minimum atomic E-state index is 1.00. The summed E-state index contributed by atoms with van der Waals surface area (Å²) in [4.78, 5) is 4.29. The predicted octanol–water partition coefficient (Wildman–Crippen LogP) is 3.75. The van der Waals surface area contributed by atoms with Gasteiger partial charge in [0.1, 0.15) is 0 Å². The Bertz CT molecular complexity index is 296. The van der Waals surface area contributed by atoms with Crippen LogP contribution in [0.25, 0.3) is 0 Å². The van der Waals surface area contributed by atoms with Gasteiger partial charge in [0.25, 0.3) is 0 Å². The minimum absolute atomic E-state index is 1.00. The molecule has 0 N–H and O–H groups in total. The van der Waals surface area contributed by atoms with Crippen molar-refractivity contribution in [2.45, 2.75) is 20.3 Å². The Kier molecular flexibility index (Phi) is 3.97. The first kappa shape index (κ1) is 9.72. The lowest BCUT2D eigenvalue weighted by molar-refractivity contribution is 1.10. The van der Waals surface area contributed by atoms with E-state index in [1.807, 2.05) is 42.6 Å². The first-order valence-corrected chi connectivity index (χ1v) is 4.58. The lowest BCUT2D eigenvalue weighted by Crippen LogP contribution is -1.72. The first-order valence-electron chi connectivity index (χ1n) is 4.58. The van der Waals surface area contributed by atoms with Gasteiger partial charge in [-0.15, -0.1) is 0 Å². The van der Waals surface area contributed by atoms with E-state index in [-0.39, 0.29) is 0 Å². The molecule has 0 radical (unpaired) electrons. The zero-order valence-corrected chi connectivity index (χ0v) is 8.20. The number of para-hydroxylation sites is 1. The van der Waals surface area contributed by atoms with Gasteiger partial charge in [-0.05, 0) is 31.6 Å². The molecule has 0 aliphatic rings. The van der Waals surface area contributed by atoms with Crippen LogP contribution in [0.1, 0.15) is 20.3 Å². The molecule has 0 bridgehead atoms. The topological polar surface area (TPSA) is 12.4 Å². The van der Waals surface area contributed by atoms with E-state index in [2.05, 4.69) is 18.8 Å². The lowest BCUT2D eigenvalue weighted by atomic mass is 10.2. The fourth-order valence-corrected chi connectivity index (χ4v) is 0.882. The molecule has 0 spiro atoms. The molecule has 68 valence electrons. The van der Waals surface area contributed by atoms with Crippen LogP contribution >= 0.6 is 0 Å². The number of rotatable bonds is 3. The van der Waals surface area contributed by atoms with Gasteiger partial charge in [0, 0.05) is 6.21 Å². The molecule has 1 aromatic carbocycles. The van der Waals surface area contributed by atoms with E-state index in [0.29, 0.717) is 0 Å². The van der Waals surface area contributed by atoms with E-state index in [4.69, 9.17) is 0 Å². The molecule has 0 atom stereocenters. The van der Waals surface area contributed by atoms with E-state index in [0.717, 1.165) is 12.1 Å². The Hall–Kier alpha value is -1.37. The highest BCUT2D eigenvalue weighted by atomic mass is 14.7. The third-order valence-corrected chi connectivity index (χ3v) is 1.90. The van der Waals surface area contributed by atoms with Crippen molar-refractivity contribution in [2.24, 2.45) is 4.99 Å². The van der Waals surface area contributed by atoms with Crippen molar-refractivity contribution in [1.82, 2.24) is 0 Å². The number of hydrogen-bond acceptors (Lipinski definition) is 1. The molecule has 1 heteroatoms. The van der Waals surface area contributed by atoms with Crippen LogP contribution in [0.4, 0.5) is 5.69 Å². The second-order valence-corrected chi connectivity index (χ2v) is 2.98. The molecule has 0 saturated carbocycles. The number of benzene rings is 1. The van der Waals surface area contributed by atoms with Crippen LogP contribution in [0.15, 0.2) is 47.0 Å². The SMILES string of the molecule is CC/C(C)=C\C=Nc1ccccc1. The summed E-state index contributed by atoms with van der Waals surface area (Å²) in [5, 5.41) is 0. The second kappa shape index (κ2) is 5.31. The average Bonchev–Trinajstić information content (AvgIpc) is 2.19. The summed E-state index contributed by atoms with van der Waals surface area (Å²) in [5.74, 6) is 0. The summed E-state index contributed by atoms with van der Waals surface area (Å²) >= 11 is 0. The van der Waals surface area contributed by atoms with Gasteiger partial charge in [-0.2, -0.15) is 0 Å². The molecule has 1 rings (SSSR count). The summed E-state index contributed by atoms with van der Waals surface area (Å²) < 4.78 is 0. The molecule has 1 aromatic rings. The normalized spacial score (nSPS) is 12.3. The van der Waals surface area contributed by atoms with Gasteiger partial charge in [-0.1, -0.05) is 30.7 Å². The molecular weight excluding hydrogens is 158 g/mol. The van der Waals surface area contributed by atoms with Crippen molar-refractivity contribution in [3.8, 4) is 0 Å². The summed E-state index contributed by atoms with van der Waals surface area (Å²) in [6, 6.07) is 9.95. The molecule has 0 amide bonds. The summed E-state index contributed by atoms with van der Waals surface area (Å²) in [6.45, 7) is 4.25. The van der Waals surface area contributed by atoms with E-state index < -0.39 is 0 Å². The van der Waals surface area contributed by atoms with Crippen LogP contribution in [0, 0.1) is 0 Å². The minimum Gasteiger partial charge on any atom is -0.257 e. The van der Waals surface area contributed by atoms with Crippen molar-refractivity contribution >= 4 is 11.9 Å². The number of allylic oxidation sites excluding steroid dienone is 2. The summed E-state index contributed by atoms with van der Waals surface area (Å²) in [5.41, 5.74) is 2.35. The molecule has 0 heterocycles. The quantitative estimate of drug-likeness (QED) is 0.617. The van der Waals surface area contributed by atoms with Crippen molar-refractivity contribution in [3.05, 3.63) is 42.0 Å². The third-order valence-electron chi connectivity index (χ3n) is 1.90. The fraction of sp³-hybridized carbons (Fsp3) is 0.250. The van der Waals surface area contributed by atoms with Crippen molar-refractivity contribution in [1.29, 1.82) is 0 Å². The Labute approximate surface area is 79.8 Å². The first-order chi connectivity index (χ1) is 6.33. The van der Waals surface area contributed by atoms with Gasteiger partial charge >= 0.3 is 0 Å². The number of hydrogen-bond donors (Lipinski definition) is 0. The van der Waals surface area contributed by atoms with Crippen LogP contribution in [0.3, 0.4) is 0 Å². The Morgan fingerprint density at radius 3 is 2.62 bits per heavy atom. The Morgan fingerprint density at radius 2 is 2.00 bits per heavy atom. The summed E-state index contributed by atoms with van der Waals surface area (Å²) in [7, 11) is 0. The van der Waals surface area contributed by atoms with Gasteiger partial charge in [-0.3, -0.25) is 4.99 Å². The highest BCUT2D eigenvalue weighted by Crippen LogP contribution is 2.08. The van der Waals surface area contributed by atoms with Crippen LogP contribution in [0.5, 0.6) is 0 Å². The molecule has 0 aliphatic heterocycles. The van der Waals surface area contributed by atoms with Gasteiger partial charge in [0.15, 0.2) is 0 Å². The molecule has 0 aromatic heterocycles. The van der Waals surface area contributed by atoms with Crippen LogP contribution < -0.4 is 0 Å². The van der Waals surface area contributed by atoms with Crippen molar-refractivity contribution in [3.63, 3.8) is 0 Å². The monoisotopic (exact) mass is 173 g/mol. The Balaban J connectivity index is 2.60. The fourth-order valence-electron chi connectivity index (χ4n) is 0.882. The lowest BCUT2D eigenvalue weighted by Gasteiger charge is -1.91. The molecule has 1 nitrogen and oxygen atoms in total. The molecule has 13 heavy (non-hydrogen) atoms. The molecule has 0 saturated heterocycles. The maximum absolute atomic E-state index is 4.29. The van der Waals surface area contributed by atoms with E-state index >= 15 is 0 Å². The maximum Gasteiger partial charge on any atom is 0.0629 e. The largest absolute Gasteiger partial charge is 0.257 e. The number of aliphatic imine (C=N–C) groups is 1. The third kappa shape index (κ3) is 3.70. The zero-order valence-electron chi connectivity index (χ0n) is 8.20. The van der Waals surface area contributed by atoms with Crippen molar-refractivity contribution in [2.75, 3.05) is 0 Å². The highest BCUT2D eigenvalue weighted by molar-refractivity contribution is 5.75. The van der Waals surface area contributed by atoms with Gasteiger partial charge in [0.05, 0.1) is 5.69 Å². The predicted molar refractivity (Wildman–Crippen MR) is 58.6 cm³/mol. The standard InChI is InChI=1S/C12H15N/c1-3-11(2)9-10-13-12-7-5-4-6-8-12/h4-10H,3H2,1-2H3/b11-9-,13-10?. The smallest absolute Gasteiger partial charge is 0.0629 e. The second-order valence-electron chi connectivity index (χ2n) is 2.98. The highest BCUT2D eigenvalue weighted by Gasteiger charge is 1.82. The van der Waals surface area contributed by atoms with Crippen LogP contribution in [0.2, 0.25) is 0 Å². The van der Waals surface area contributed by atoms with E-state index in [1.165, 1.54) is 5.57 Å². The van der Waals surface area contributed by atoms with Gasteiger partial charge < -0.3 is 0 Å². The molecule has 0 fully saturated rings. The van der Waals surface area contributed by atoms with Gasteiger partial charge in [-0.25, -0.2) is 0 Å². The van der Waals surface area contributed by atoms with Crippen LogP contribution in [-0.4, -0.2) is 6.21 Å². The van der Waals surface area contributed by atoms with Crippen LogP contribution in [-0.2, 0) is 0 Å². The summed E-state index contributed by atoms with van der Waals surface area (Å²) in [6.07, 6.45) is 4.99. The van der Waals surface area contributed by atoms with E-state index in [9.17, 15) is 0 Å². The average molecular weight is 173 g/mol. The van der Waals surface area contributed by atoms with Gasteiger partial charge in [0.2, 0.25) is 0 Å². The van der Waals surface area contributed by atoms with E-state index in [1.54, 1.807) is 0 Å². The molecule has 0 unspecified atom stereocenters. The van der Waals surface area contributed by atoms with Crippen molar-refractivity contribution < 1.29 is 0 Å². The number of nitrogens with zero attached hydrogens (tertiary/aromatic N) is 1. The molecule has 0 aliphatic carbocycles. The maximum atomic E-state index is 4.29.